The number of amides is 1. The Balaban J connectivity index is 1.31. The van der Waals surface area contributed by atoms with E-state index in [1.54, 1.807) is 9.47 Å². The summed E-state index contributed by atoms with van der Waals surface area (Å²) in [6, 6.07) is 10.3. The van der Waals surface area contributed by atoms with Gasteiger partial charge in [-0.3, -0.25) is 4.57 Å². The number of nitrogens with zero attached hydrogens (tertiary/aromatic N) is 3. The lowest BCUT2D eigenvalue weighted by molar-refractivity contribution is 0.0119. The first-order valence-electron chi connectivity index (χ1n) is 12.0. The van der Waals surface area contributed by atoms with E-state index in [0.29, 0.717) is 31.2 Å². The molecule has 0 radical (unpaired) electrons. The van der Waals surface area contributed by atoms with Crippen molar-refractivity contribution in [2.45, 2.75) is 70.6 Å². The fraction of sp³-hybridized carbons (Fsp3) is 0.600. The van der Waals surface area contributed by atoms with Gasteiger partial charge in [-0.25, -0.2) is 9.59 Å². The van der Waals surface area contributed by atoms with Gasteiger partial charge in [0.1, 0.15) is 5.60 Å². The number of carbonyl (C=O) groups is 1. The van der Waals surface area contributed by atoms with E-state index in [4.69, 9.17) is 4.74 Å². The third-order valence-corrected chi connectivity index (χ3v) is 6.70. The van der Waals surface area contributed by atoms with Crippen LogP contribution in [-0.4, -0.2) is 68.4 Å². The molecule has 0 unspecified atom stereocenters. The number of aromatic nitrogens is 2. The maximum absolute atomic E-state index is 12.6. The van der Waals surface area contributed by atoms with Gasteiger partial charge < -0.3 is 24.6 Å². The predicted octanol–water partition coefficient (Wildman–Crippen LogP) is 3.51. The van der Waals surface area contributed by atoms with Crippen molar-refractivity contribution in [2.75, 3.05) is 26.2 Å². The number of imidazole rings is 1. The third-order valence-electron chi connectivity index (χ3n) is 6.70. The molecule has 180 valence electrons. The lowest BCUT2D eigenvalue weighted by Gasteiger charge is -2.42. The molecule has 0 saturated carbocycles. The van der Waals surface area contributed by atoms with Crippen molar-refractivity contribution in [1.29, 1.82) is 0 Å². The summed E-state index contributed by atoms with van der Waals surface area (Å²) >= 11 is 0. The van der Waals surface area contributed by atoms with Crippen molar-refractivity contribution in [1.82, 2.24) is 19.4 Å². The van der Waals surface area contributed by atoms with Gasteiger partial charge in [-0.1, -0.05) is 30.3 Å². The Morgan fingerprint density at radius 2 is 1.64 bits per heavy atom. The molecule has 2 fully saturated rings. The van der Waals surface area contributed by atoms with Crippen molar-refractivity contribution in [3.63, 3.8) is 0 Å². The summed E-state index contributed by atoms with van der Waals surface area (Å²) < 4.78 is 7.04. The Labute approximate surface area is 195 Å². The monoisotopic (exact) mass is 456 g/mol. The summed E-state index contributed by atoms with van der Waals surface area (Å²) in [6.07, 6.45) is 3.78. The molecular weight excluding hydrogens is 420 g/mol. The van der Waals surface area contributed by atoms with Crippen LogP contribution in [0.5, 0.6) is 5.88 Å². The second-order valence-electron chi connectivity index (χ2n) is 10.2. The molecule has 0 atom stereocenters. The Morgan fingerprint density at radius 3 is 2.24 bits per heavy atom. The number of likely N-dealkylation sites (tertiary alicyclic amines) is 2. The van der Waals surface area contributed by atoms with Gasteiger partial charge in [0.25, 0.3) is 0 Å². The predicted molar refractivity (Wildman–Crippen MR) is 127 cm³/mol. The van der Waals surface area contributed by atoms with Gasteiger partial charge in [-0.2, -0.15) is 0 Å². The minimum atomic E-state index is -0.474. The molecule has 0 spiro atoms. The maximum atomic E-state index is 12.6. The van der Waals surface area contributed by atoms with Gasteiger partial charge >= 0.3 is 11.8 Å². The number of benzene rings is 1. The largest absolute Gasteiger partial charge is 0.493 e. The van der Waals surface area contributed by atoms with Crippen LogP contribution in [-0.2, 0) is 11.2 Å². The zero-order valence-corrected chi connectivity index (χ0v) is 19.9. The first-order valence-corrected chi connectivity index (χ1v) is 12.0. The van der Waals surface area contributed by atoms with Crippen molar-refractivity contribution in [3.05, 3.63) is 52.1 Å². The number of nitrogens with one attached hydrogen (secondary N) is 1. The zero-order chi connectivity index (χ0) is 23.6. The highest BCUT2D eigenvalue weighted by atomic mass is 16.6. The number of hydrogen-bond acceptors (Lipinski definition) is 5. The van der Waals surface area contributed by atoms with Gasteiger partial charge in [0.15, 0.2) is 0 Å². The standard InChI is InChI=1S/C25H36N4O4/c1-25(2,3)33-24(32)28-15-9-19(10-16-28)27-13-11-20(12-14-27)29-22(30)21(26-23(29)31)17-18-7-5-4-6-8-18/h4-8,19-20,30H,9-17H2,1-3H3,(H,26,31). The molecule has 33 heavy (non-hydrogen) atoms. The summed E-state index contributed by atoms with van der Waals surface area (Å²) in [5.41, 5.74) is 0.915. The van der Waals surface area contributed by atoms with Crippen molar-refractivity contribution in [3.8, 4) is 5.88 Å². The van der Waals surface area contributed by atoms with Gasteiger partial charge in [-0.05, 0) is 52.0 Å². The molecule has 0 aliphatic carbocycles. The molecule has 2 N–H and O–H groups in total. The highest BCUT2D eigenvalue weighted by molar-refractivity contribution is 5.68. The van der Waals surface area contributed by atoms with E-state index in [-0.39, 0.29) is 23.7 Å². The topological polar surface area (TPSA) is 90.8 Å². The van der Waals surface area contributed by atoms with Crippen LogP contribution in [0.1, 0.15) is 63.8 Å². The molecule has 2 saturated heterocycles. The molecule has 0 bridgehead atoms. The van der Waals surface area contributed by atoms with Crippen LogP contribution in [0.15, 0.2) is 35.1 Å². The Bertz CT molecular complexity index is 992. The van der Waals surface area contributed by atoms with Crippen molar-refractivity contribution >= 4 is 6.09 Å². The van der Waals surface area contributed by atoms with Gasteiger partial charge in [0.2, 0.25) is 5.88 Å². The van der Waals surface area contributed by atoms with Crippen molar-refractivity contribution < 1.29 is 14.6 Å². The number of H-pyrrole nitrogens is 1. The minimum absolute atomic E-state index is 0.00336. The van der Waals surface area contributed by atoms with E-state index in [1.165, 1.54) is 0 Å². The van der Waals surface area contributed by atoms with Crippen LogP contribution < -0.4 is 5.69 Å². The van der Waals surface area contributed by atoms with E-state index in [2.05, 4.69) is 9.88 Å². The van der Waals surface area contributed by atoms with Crippen LogP contribution in [0.2, 0.25) is 0 Å². The van der Waals surface area contributed by atoms with Crippen molar-refractivity contribution in [2.24, 2.45) is 0 Å². The zero-order valence-electron chi connectivity index (χ0n) is 19.9. The number of hydrogen-bond donors (Lipinski definition) is 2. The molecule has 2 aliphatic heterocycles. The normalized spacial score (nSPS) is 19.1. The average molecular weight is 457 g/mol. The fourth-order valence-electron chi connectivity index (χ4n) is 5.00. The highest BCUT2D eigenvalue weighted by Gasteiger charge is 2.32. The molecule has 4 rings (SSSR count). The van der Waals surface area contributed by atoms with E-state index >= 15 is 0 Å². The Morgan fingerprint density at radius 1 is 1.03 bits per heavy atom. The molecule has 2 aliphatic rings. The molecular formula is C25H36N4O4. The van der Waals surface area contributed by atoms with Crippen LogP contribution >= 0.6 is 0 Å². The van der Waals surface area contributed by atoms with Gasteiger partial charge in [0.05, 0.1) is 5.69 Å². The van der Waals surface area contributed by atoms with Crippen LogP contribution in [0.3, 0.4) is 0 Å². The summed E-state index contributed by atoms with van der Waals surface area (Å²) in [7, 11) is 0. The van der Waals surface area contributed by atoms with E-state index in [0.717, 1.165) is 44.3 Å². The number of carbonyl (C=O) groups excluding carboxylic acids is 1. The number of rotatable bonds is 4. The molecule has 3 heterocycles. The van der Waals surface area contributed by atoms with Crippen LogP contribution in [0, 0.1) is 0 Å². The molecule has 1 aromatic heterocycles. The van der Waals surface area contributed by atoms with Gasteiger partial charge in [-0.15, -0.1) is 0 Å². The SMILES string of the molecule is CC(C)(C)OC(=O)N1CCC(N2CCC(n3c(O)c(Cc4ccccc4)[nH]c3=O)CC2)CC1. The molecule has 8 nitrogen and oxygen atoms in total. The summed E-state index contributed by atoms with van der Waals surface area (Å²) in [5.74, 6) is 0.0629. The Kier molecular flexibility index (Phi) is 6.83. The first-order chi connectivity index (χ1) is 15.7. The number of piperidine rings is 2. The third kappa shape index (κ3) is 5.61. The quantitative estimate of drug-likeness (QED) is 0.735. The van der Waals surface area contributed by atoms with E-state index < -0.39 is 5.60 Å². The summed E-state index contributed by atoms with van der Waals surface area (Å²) in [5, 5.41) is 10.8. The van der Waals surface area contributed by atoms with E-state index in [9.17, 15) is 14.7 Å². The summed E-state index contributed by atoms with van der Waals surface area (Å²) in [6.45, 7) is 8.85. The lowest BCUT2D eigenvalue weighted by atomic mass is 9.98. The molecule has 8 heteroatoms. The second kappa shape index (κ2) is 9.63. The first kappa shape index (κ1) is 23.4. The number of aromatic amines is 1. The highest BCUT2D eigenvalue weighted by Crippen LogP contribution is 2.30. The number of ether oxygens (including phenoxy) is 1. The molecule has 1 aromatic carbocycles. The molecule has 2 aromatic rings. The Hall–Kier alpha value is -2.74. The smallest absolute Gasteiger partial charge is 0.410 e. The van der Waals surface area contributed by atoms with Gasteiger partial charge in [0, 0.05) is 44.7 Å². The lowest BCUT2D eigenvalue weighted by Crippen LogP contribution is -2.50. The van der Waals surface area contributed by atoms with Crippen LogP contribution in [0.25, 0.3) is 0 Å². The number of aromatic hydroxyl groups is 1. The minimum Gasteiger partial charge on any atom is -0.493 e. The van der Waals surface area contributed by atoms with Crippen LogP contribution in [0.4, 0.5) is 4.79 Å². The average Bonchev–Trinajstić information content (AvgIpc) is 3.06. The maximum Gasteiger partial charge on any atom is 0.410 e. The summed E-state index contributed by atoms with van der Waals surface area (Å²) in [4.78, 5) is 32.1. The second-order valence-corrected chi connectivity index (χ2v) is 10.2. The molecule has 1 amide bonds. The van der Waals surface area contributed by atoms with E-state index in [1.807, 2.05) is 51.1 Å². The fourth-order valence-corrected chi connectivity index (χ4v) is 5.00.